The van der Waals surface area contributed by atoms with E-state index in [-0.39, 0.29) is 0 Å². The van der Waals surface area contributed by atoms with Crippen molar-refractivity contribution in [1.29, 1.82) is 0 Å². The van der Waals surface area contributed by atoms with Crippen molar-refractivity contribution in [2.75, 3.05) is 13.1 Å². The minimum atomic E-state index is 1.03. The summed E-state index contributed by atoms with van der Waals surface area (Å²) in [6, 6.07) is 6.49. The molecule has 18 heavy (non-hydrogen) atoms. The van der Waals surface area contributed by atoms with Crippen LogP contribution in [0.15, 0.2) is 28.9 Å². The maximum atomic E-state index is 3.71. The van der Waals surface area contributed by atoms with E-state index >= 15 is 0 Å². The van der Waals surface area contributed by atoms with E-state index in [1.807, 2.05) is 0 Å². The number of likely N-dealkylation sites (tertiary alicyclic amines) is 1. The van der Waals surface area contributed by atoms with Crippen LogP contribution < -0.4 is 0 Å². The molecule has 3 rings (SSSR count). The van der Waals surface area contributed by atoms with Gasteiger partial charge in [0.2, 0.25) is 0 Å². The fourth-order valence-corrected chi connectivity index (χ4v) is 3.57. The Balaban J connectivity index is 2.04. The Morgan fingerprint density at radius 2 is 2.00 bits per heavy atom. The quantitative estimate of drug-likeness (QED) is 0.831. The first-order valence-corrected chi connectivity index (χ1v) is 7.57. The van der Waals surface area contributed by atoms with Crippen molar-refractivity contribution in [2.45, 2.75) is 32.9 Å². The van der Waals surface area contributed by atoms with Crippen molar-refractivity contribution in [3.8, 4) is 0 Å². The lowest BCUT2D eigenvalue weighted by Crippen LogP contribution is -2.18. The lowest BCUT2D eigenvalue weighted by atomic mass is 10.1. The third-order valence-electron chi connectivity index (χ3n) is 3.87. The highest BCUT2D eigenvalue weighted by Crippen LogP contribution is 2.30. The van der Waals surface area contributed by atoms with Crippen molar-refractivity contribution in [2.24, 2.45) is 0 Å². The fraction of sp³-hybridized carbons (Fsp3) is 0.467. The minimum absolute atomic E-state index is 1.03. The number of fused-ring (bicyclic) bond motifs is 1. The van der Waals surface area contributed by atoms with E-state index < -0.39 is 0 Å². The smallest absolute Gasteiger partial charge is 0.0495 e. The van der Waals surface area contributed by atoms with Crippen LogP contribution in [0.5, 0.6) is 0 Å². The third-order valence-corrected chi connectivity index (χ3v) is 4.53. The number of hydrogen-bond donors (Lipinski definition) is 0. The van der Waals surface area contributed by atoms with Crippen molar-refractivity contribution < 1.29 is 0 Å². The van der Waals surface area contributed by atoms with E-state index in [2.05, 4.69) is 56.7 Å². The number of nitrogens with zero attached hydrogens (tertiary/aromatic N) is 2. The van der Waals surface area contributed by atoms with Crippen LogP contribution in [0.4, 0.5) is 0 Å². The van der Waals surface area contributed by atoms with Crippen LogP contribution in [0.25, 0.3) is 10.9 Å². The van der Waals surface area contributed by atoms with Crippen molar-refractivity contribution in [3.05, 3.63) is 34.4 Å². The molecule has 0 aliphatic carbocycles. The van der Waals surface area contributed by atoms with Crippen LogP contribution in [0.3, 0.4) is 0 Å². The second kappa shape index (κ2) is 5.06. The Hall–Kier alpha value is -0.800. The second-order valence-corrected chi connectivity index (χ2v) is 5.91. The molecule has 1 saturated heterocycles. The minimum Gasteiger partial charge on any atom is -0.347 e. The number of rotatable bonds is 3. The van der Waals surface area contributed by atoms with Gasteiger partial charge in [-0.2, -0.15) is 0 Å². The largest absolute Gasteiger partial charge is 0.347 e. The topological polar surface area (TPSA) is 8.17 Å². The molecule has 1 aromatic carbocycles. The van der Waals surface area contributed by atoms with Crippen molar-refractivity contribution >= 4 is 26.8 Å². The van der Waals surface area contributed by atoms with Gasteiger partial charge in [-0.3, -0.25) is 4.90 Å². The molecule has 0 atom stereocenters. The number of halogens is 1. The van der Waals surface area contributed by atoms with E-state index in [1.54, 1.807) is 0 Å². The summed E-state index contributed by atoms with van der Waals surface area (Å²) in [5.41, 5.74) is 2.81. The van der Waals surface area contributed by atoms with Gasteiger partial charge in [-0.25, -0.2) is 0 Å². The lowest BCUT2D eigenvalue weighted by molar-refractivity contribution is 0.332. The van der Waals surface area contributed by atoms with Gasteiger partial charge in [-0.05, 0) is 50.6 Å². The first-order valence-electron chi connectivity index (χ1n) is 6.78. The van der Waals surface area contributed by atoms with Crippen LogP contribution in [0, 0.1) is 0 Å². The monoisotopic (exact) mass is 306 g/mol. The maximum Gasteiger partial charge on any atom is 0.0495 e. The highest BCUT2D eigenvalue weighted by Gasteiger charge is 2.16. The predicted molar refractivity (Wildman–Crippen MR) is 79.8 cm³/mol. The summed E-state index contributed by atoms with van der Waals surface area (Å²) < 4.78 is 3.58. The molecule has 3 heteroatoms. The van der Waals surface area contributed by atoms with Crippen LogP contribution in [0.1, 0.15) is 25.3 Å². The van der Waals surface area contributed by atoms with Gasteiger partial charge in [0.1, 0.15) is 0 Å². The average Bonchev–Trinajstić information content (AvgIpc) is 2.98. The highest BCUT2D eigenvalue weighted by atomic mass is 79.9. The summed E-state index contributed by atoms with van der Waals surface area (Å²) in [6.45, 7) is 6.84. The van der Waals surface area contributed by atoms with Crippen LogP contribution >= 0.6 is 15.9 Å². The van der Waals surface area contributed by atoms with Gasteiger partial charge >= 0.3 is 0 Å². The molecule has 1 aliphatic heterocycles. The fourth-order valence-electron chi connectivity index (χ4n) is 2.96. The van der Waals surface area contributed by atoms with Crippen molar-refractivity contribution in [3.63, 3.8) is 0 Å². The molecule has 2 aromatic rings. The molecular weight excluding hydrogens is 288 g/mol. The third kappa shape index (κ3) is 2.10. The Morgan fingerprint density at radius 3 is 2.72 bits per heavy atom. The molecule has 1 aromatic heterocycles. The zero-order chi connectivity index (χ0) is 12.5. The second-order valence-electron chi connectivity index (χ2n) is 5.06. The number of hydrogen-bond acceptors (Lipinski definition) is 1. The number of benzene rings is 1. The Kier molecular flexibility index (Phi) is 3.44. The molecule has 1 fully saturated rings. The lowest BCUT2D eigenvalue weighted by Gasteiger charge is -2.13. The summed E-state index contributed by atoms with van der Waals surface area (Å²) in [7, 11) is 0. The van der Waals surface area contributed by atoms with Gasteiger partial charge in [0.05, 0.1) is 0 Å². The Bertz CT molecular complexity index is 553. The summed E-state index contributed by atoms with van der Waals surface area (Å²) in [5.74, 6) is 0. The highest BCUT2D eigenvalue weighted by molar-refractivity contribution is 9.10. The summed E-state index contributed by atoms with van der Waals surface area (Å²) in [6.07, 6.45) is 5.04. The van der Waals surface area contributed by atoms with E-state index in [9.17, 15) is 0 Å². The molecule has 0 amide bonds. The molecule has 1 aliphatic rings. The van der Waals surface area contributed by atoms with Gasteiger partial charge in [-0.1, -0.05) is 22.0 Å². The van der Waals surface area contributed by atoms with Gasteiger partial charge in [0.15, 0.2) is 0 Å². The molecule has 2 nitrogen and oxygen atoms in total. The molecule has 0 bridgehead atoms. The molecule has 0 N–H and O–H groups in total. The molecule has 0 radical (unpaired) electrons. The average molecular weight is 307 g/mol. The predicted octanol–water partition coefficient (Wildman–Crippen LogP) is 4.02. The van der Waals surface area contributed by atoms with E-state index in [1.165, 1.54) is 46.9 Å². The van der Waals surface area contributed by atoms with Gasteiger partial charge in [0.25, 0.3) is 0 Å². The van der Waals surface area contributed by atoms with E-state index in [0.717, 1.165) is 13.1 Å². The normalized spacial score (nSPS) is 16.8. The number of aromatic nitrogens is 1. The molecule has 0 saturated carbocycles. The van der Waals surface area contributed by atoms with E-state index in [0.29, 0.717) is 0 Å². The first-order chi connectivity index (χ1) is 8.79. The molecule has 2 heterocycles. The Morgan fingerprint density at radius 1 is 1.22 bits per heavy atom. The van der Waals surface area contributed by atoms with Gasteiger partial charge in [0, 0.05) is 34.7 Å². The Labute approximate surface area is 117 Å². The van der Waals surface area contributed by atoms with Gasteiger partial charge < -0.3 is 4.57 Å². The van der Waals surface area contributed by atoms with Crippen molar-refractivity contribution in [1.82, 2.24) is 9.47 Å². The van der Waals surface area contributed by atoms with Crippen LogP contribution in [0.2, 0.25) is 0 Å². The zero-order valence-electron chi connectivity index (χ0n) is 10.8. The number of aryl methyl sites for hydroxylation is 1. The molecular formula is C15H19BrN2. The maximum absolute atomic E-state index is 3.71. The molecule has 0 spiro atoms. The first kappa shape index (κ1) is 12.2. The zero-order valence-corrected chi connectivity index (χ0v) is 12.4. The standard InChI is InChI=1S/C15H19BrN2/c1-2-18-11-12(10-17-8-3-4-9-17)15-13(16)6-5-7-14(15)18/h5-7,11H,2-4,8-10H2,1H3. The van der Waals surface area contributed by atoms with Crippen LogP contribution in [-0.2, 0) is 13.1 Å². The van der Waals surface area contributed by atoms with E-state index in [4.69, 9.17) is 0 Å². The van der Waals surface area contributed by atoms with Gasteiger partial charge in [-0.15, -0.1) is 0 Å². The molecule has 96 valence electrons. The van der Waals surface area contributed by atoms with Crippen LogP contribution in [-0.4, -0.2) is 22.6 Å². The SMILES string of the molecule is CCn1cc(CN2CCCC2)c2c(Br)cccc21. The summed E-state index contributed by atoms with van der Waals surface area (Å²) in [4.78, 5) is 2.56. The molecule has 0 unspecified atom stereocenters. The summed E-state index contributed by atoms with van der Waals surface area (Å²) in [5, 5.41) is 1.39. The summed E-state index contributed by atoms with van der Waals surface area (Å²) >= 11 is 3.71.